The number of carbonyl (C=O) groups excluding carboxylic acids is 1. The van der Waals surface area contributed by atoms with E-state index in [4.69, 9.17) is 14.2 Å². The average Bonchev–Trinajstić information content (AvgIpc) is 3.21. The molecule has 0 spiro atoms. The molecule has 0 saturated heterocycles. The molecule has 30 heavy (non-hydrogen) atoms. The van der Waals surface area contributed by atoms with Crippen LogP contribution in [0.25, 0.3) is 6.08 Å². The van der Waals surface area contributed by atoms with E-state index in [1.54, 1.807) is 39.7 Å². The second-order valence-corrected chi connectivity index (χ2v) is 6.59. The quantitative estimate of drug-likeness (QED) is 0.580. The van der Waals surface area contributed by atoms with Crippen LogP contribution in [-0.2, 0) is 11.8 Å². The standard InChI is InChI=1S/C23H25N3O4/c1-26-12-11-24-23(26)22(17-6-8-18(28-2)9-7-17)25-21(27)10-5-16-13-19(29-3)15-20(14-16)30-4/h5-15,22H,1-4H3,(H,25,27)/b10-5+. The number of imidazole rings is 1. The zero-order valence-corrected chi connectivity index (χ0v) is 17.5. The van der Waals surface area contributed by atoms with Crippen molar-refractivity contribution in [3.05, 3.63) is 77.9 Å². The summed E-state index contributed by atoms with van der Waals surface area (Å²) in [4.78, 5) is 17.1. The molecule has 156 valence electrons. The molecule has 0 bridgehead atoms. The van der Waals surface area contributed by atoms with Crippen molar-refractivity contribution in [1.82, 2.24) is 14.9 Å². The average molecular weight is 407 g/mol. The zero-order valence-electron chi connectivity index (χ0n) is 17.5. The third-order valence-corrected chi connectivity index (χ3v) is 4.65. The van der Waals surface area contributed by atoms with Gasteiger partial charge in [-0.1, -0.05) is 12.1 Å². The highest BCUT2D eigenvalue weighted by atomic mass is 16.5. The molecule has 1 atom stereocenters. The van der Waals surface area contributed by atoms with Crippen molar-refractivity contribution in [3.63, 3.8) is 0 Å². The van der Waals surface area contributed by atoms with Crippen LogP contribution in [0.15, 0.2) is 60.9 Å². The first-order valence-corrected chi connectivity index (χ1v) is 9.37. The molecule has 7 heteroatoms. The largest absolute Gasteiger partial charge is 0.497 e. The van der Waals surface area contributed by atoms with E-state index in [-0.39, 0.29) is 5.91 Å². The van der Waals surface area contributed by atoms with Crippen molar-refractivity contribution >= 4 is 12.0 Å². The maximum Gasteiger partial charge on any atom is 0.244 e. The van der Waals surface area contributed by atoms with Crippen molar-refractivity contribution in [2.24, 2.45) is 7.05 Å². The Morgan fingerprint density at radius 3 is 2.17 bits per heavy atom. The summed E-state index contributed by atoms with van der Waals surface area (Å²) in [6.07, 6.45) is 6.74. The summed E-state index contributed by atoms with van der Waals surface area (Å²) in [6.45, 7) is 0. The Bertz CT molecular complexity index is 1000. The van der Waals surface area contributed by atoms with Crippen molar-refractivity contribution in [1.29, 1.82) is 0 Å². The predicted molar refractivity (Wildman–Crippen MR) is 115 cm³/mol. The lowest BCUT2D eigenvalue weighted by molar-refractivity contribution is -0.117. The molecule has 1 N–H and O–H groups in total. The molecule has 3 rings (SSSR count). The molecule has 2 aromatic carbocycles. The van der Waals surface area contributed by atoms with Crippen molar-refractivity contribution in [2.75, 3.05) is 21.3 Å². The van der Waals surface area contributed by atoms with Crippen molar-refractivity contribution < 1.29 is 19.0 Å². The molecule has 0 aliphatic heterocycles. The molecule has 0 saturated carbocycles. The molecule has 0 fully saturated rings. The third-order valence-electron chi connectivity index (χ3n) is 4.65. The van der Waals surface area contributed by atoms with Crippen LogP contribution in [0, 0.1) is 0 Å². The van der Waals surface area contributed by atoms with Crippen LogP contribution in [-0.4, -0.2) is 36.8 Å². The number of hydrogen-bond acceptors (Lipinski definition) is 5. The van der Waals surface area contributed by atoms with E-state index in [1.807, 2.05) is 54.2 Å². The first-order chi connectivity index (χ1) is 14.5. The van der Waals surface area contributed by atoms with Crippen LogP contribution in [0.2, 0.25) is 0 Å². The van der Waals surface area contributed by atoms with Crippen molar-refractivity contribution in [3.8, 4) is 17.2 Å². The second-order valence-electron chi connectivity index (χ2n) is 6.59. The monoisotopic (exact) mass is 407 g/mol. The first kappa shape index (κ1) is 21.0. The Kier molecular flexibility index (Phi) is 6.75. The minimum atomic E-state index is -0.409. The summed E-state index contributed by atoms with van der Waals surface area (Å²) in [7, 11) is 6.68. The van der Waals surface area contributed by atoms with Crippen LogP contribution in [0.3, 0.4) is 0 Å². The summed E-state index contributed by atoms with van der Waals surface area (Å²) in [6, 6.07) is 12.6. The Balaban J connectivity index is 1.83. The van der Waals surface area contributed by atoms with Gasteiger partial charge in [0.2, 0.25) is 5.91 Å². The van der Waals surface area contributed by atoms with Crippen molar-refractivity contribution in [2.45, 2.75) is 6.04 Å². The lowest BCUT2D eigenvalue weighted by atomic mass is 10.1. The molecule has 0 aliphatic rings. The summed E-state index contributed by atoms with van der Waals surface area (Å²) in [5.74, 6) is 2.53. The Morgan fingerprint density at radius 1 is 1.00 bits per heavy atom. The van der Waals surface area contributed by atoms with Gasteiger partial charge in [0.1, 0.15) is 29.1 Å². The number of nitrogens with zero attached hydrogens (tertiary/aromatic N) is 2. The van der Waals surface area contributed by atoms with Gasteiger partial charge < -0.3 is 24.1 Å². The maximum absolute atomic E-state index is 12.7. The highest BCUT2D eigenvalue weighted by molar-refractivity contribution is 5.92. The number of hydrogen-bond donors (Lipinski definition) is 1. The SMILES string of the molecule is COc1ccc(C(NC(=O)/C=C/c2cc(OC)cc(OC)c2)c2nccn2C)cc1. The molecule has 1 aromatic heterocycles. The predicted octanol–water partition coefficient (Wildman–Crippen LogP) is 3.36. The number of aromatic nitrogens is 2. The Labute approximate surface area is 175 Å². The molecule has 0 radical (unpaired) electrons. The van der Waals surface area contributed by atoms with Gasteiger partial charge in [-0.3, -0.25) is 4.79 Å². The summed E-state index contributed by atoms with van der Waals surface area (Å²) in [5.41, 5.74) is 1.69. The molecule has 3 aromatic rings. The zero-order chi connectivity index (χ0) is 21.5. The minimum Gasteiger partial charge on any atom is -0.497 e. The fourth-order valence-corrected chi connectivity index (χ4v) is 3.04. The lowest BCUT2D eigenvalue weighted by Gasteiger charge is -2.18. The van der Waals surface area contributed by atoms with E-state index in [1.165, 1.54) is 6.08 Å². The van der Waals surface area contributed by atoms with Gasteiger partial charge in [-0.15, -0.1) is 0 Å². The van der Waals surface area contributed by atoms with E-state index >= 15 is 0 Å². The second kappa shape index (κ2) is 9.65. The van der Waals surface area contributed by atoms with Gasteiger partial charge >= 0.3 is 0 Å². The van der Waals surface area contributed by atoms with Gasteiger partial charge in [0.25, 0.3) is 0 Å². The molecule has 1 amide bonds. The van der Waals surface area contributed by atoms with Crippen LogP contribution in [0.5, 0.6) is 17.2 Å². The van der Waals surface area contributed by atoms with Gasteiger partial charge in [0.05, 0.1) is 21.3 Å². The number of benzene rings is 2. The fourth-order valence-electron chi connectivity index (χ4n) is 3.04. The topological polar surface area (TPSA) is 74.6 Å². The number of rotatable bonds is 8. The van der Waals surface area contributed by atoms with Gasteiger partial charge in [-0.2, -0.15) is 0 Å². The van der Waals surface area contributed by atoms with E-state index < -0.39 is 6.04 Å². The number of nitrogens with one attached hydrogen (secondary N) is 1. The molecule has 7 nitrogen and oxygen atoms in total. The lowest BCUT2D eigenvalue weighted by Crippen LogP contribution is -2.29. The molecule has 1 unspecified atom stereocenters. The number of carbonyl (C=O) groups is 1. The summed E-state index contributed by atoms with van der Waals surface area (Å²) in [5, 5.41) is 3.03. The van der Waals surface area contributed by atoms with Crippen LogP contribution in [0.1, 0.15) is 23.0 Å². The number of amides is 1. The fraction of sp³-hybridized carbons (Fsp3) is 0.217. The number of methoxy groups -OCH3 is 3. The highest BCUT2D eigenvalue weighted by Gasteiger charge is 2.20. The minimum absolute atomic E-state index is 0.249. The van der Waals surface area contributed by atoms with E-state index in [9.17, 15) is 4.79 Å². The summed E-state index contributed by atoms with van der Waals surface area (Å²) >= 11 is 0. The molecular formula is C23H25N3O4. The highest BCUT2D eigenvalue weighted by Crippen LogP contribution is 2.24. The number of ether oxygens (including phenoxy) is 3. The third kappa shape index (κ3) is 5.00. The van der Waals surface area contributed by atoms with Crippen LogP contribution < -0.4 is 19.5 Å². The first-order valence-electron chi connectivity index (χ1n) is 9.37. The molecule has 0 aliphatic carbocycles. The Hall–Kier alpha value is -3.74. The Morgan fingerprint density at radius 2 is 1.63 bits per heavy atom. The van der Waals surface area contributed by atoms with E-state index in [2.05, 4.69) is 10.3 Å². The van der Waals surface area contributed by atoms with E-state index in [0.717, 1.165) is 22.7 Å². The normalized spacial score (nSPS) is 11.9. The molecule has 1 heterocycles. The van der Waals surface area contributed by atoms with Gasteiger partial charge in [0.15, 0.2) is 0 Å². The smallest absolute Gasteiger partial charge is 0.244 e. The molecular weight excluding hydrogens is 382 g/mol. The van der Waals surface area contributed by atoms with Gasteiger partial charge in [-0.05, 0) is 41.5 Å². The van der Waals surface area contributed by atoms with Crippen LogP contribution in [0.4, 0.5) is 0 Å². The van der Waals surface area contributed by atoms with E-state index in [0.29, 0.717) is 11.5 Å². The van der Waals surface area contributed by atoms with Gasteiger partial charge in [0, 0.05) is 31.6 Å². The van der Waals surface area contributed by atoms with Gasteiger partial charge in [-0.25, -0.2) is 4.98 Å². The maximum atomic E-state index is 12.7. The van der Waals surface area contributed by atoms with Crippen LogP contribution >= 0.6 is 0 Å². The number of aryl methyl sites for hydroxylation is 1. The summed E-state index contributed by atoms with van der Waals surface area (Å²) < 4.78 is 17.7.